The average Bonchev–Trinajstić information content (AvgIpc) is 3.20. The number of nitrogens with zero attached hydrogens (tertiary/aromatic N) is 3. The van der Waals surface area contributed by atoms with Crippen LogP contribution < -0.4 is 0 Å². The van der Waals surface area contributed by atoms with Gasteiger partial charge in [-0.25, -0.2) is 12.8 Å². The van der Waals surface area contributed by atoms with E-state index < -0.39 is 10.0 Å². The quantitative estimate of drug-likeness (QED) is 0.638. The van der Waals surface area contributed by atoms with Gasteiger partial charge in [-0.2, -0.15) is 4.31 Å². The standard InChI is InChI=1S/C24H30FN3O3S/c25-22-9-4-8-21(16-22)17-23-10-5-11-27(23)18-24(29)26-12-14-28(15-13-26)32(30,31)19-20-6-2-1-3-7-20/h1-4,6-9,16,23H,5,10-15,17-19H2. The Balaban J connectivity index is 1.28. The maximum Gasteiger partial charge on any atom is 0.236 e. The Morgan fingerprint density at radius 1 is 0.938 bits per heavy atom. The van der Waals surface area contributed by atoms with Crippen molar-refractivity contribution in [3.05, 3.63) is 71.5 Å². The molecule has 2 aliphatic rings. The van der Waals surface area contributed by atoms with Gasteiger partial charge in [-0.15, -0.1) is 0 Å². The summed E-state index contributed by atoms with van der Waals surface area (Å²) in [5.41, 5.74) is 1.72. The molecule has 2 fully saturated rings. The molecule has 2 aliphatic heterocycles. The molecule has 0 aliphatic carbocycles. The maximum atomic E-state index is 13.5. The Bertz CT molecular complexity index is 1020. The van der Waals surface area contributed by atoms with Gasteiger partial charge in [0.25, 0.3) is 0 Å². The van der Waals surface area contributed by atoms with Crippen molar-refractivity contribution in [1.82, 2.24) is 14.1 Å². The third-order valence-electron chi connectivity index (χ3n) is 6.37. The minimum absolute atomic E-state index is 0.0165. The van der Waals surface area contributed by atoms with Crippen molar-refractivity contribution in [3.63, 3.8) is 0 Å². The minimum atomic E-state index is -3.40. The molecular formula is C24H30FN3O3S. The van der Waals surface area contributed by atoms with Crippen molar-refractivity contribution >= 4 is 15.9 Å². The number of rotatable bonds is 7. The van der Waals surface area contributed by atoms with Crippen molar-refractivity contribution in [2.75, 3.05) is 39.3 Å². The Hall–Kier alpha value is -2.29. The van der Waals surface area contributed by atoms with Crippen LogP contribution in [0.5, 0.6) is 0 Å². The van der Waals surface area contributed by atoms with Crippen molar-refractivity contribution in [2.24, 2.45) is 0 Å². The van der Waals surface area contributed by atoms with E-state index in [2.05, 4.69) is 4.90 Å². The Kier molecular flexibility index (Phi) is 7.23. The minimum Gasteiger partial charge on any atom is -0.339 e. The molecule has 1 atom stereocenters. The third kappa shape index (κ3) is 5.74. The maximum absolute atomic E-state index is 13.5. The number of hydrogen-bond acceptors (Lipinski definition) is 4. The molecule has 172 valence electrons. The molecule has 0 N–H and O–H groups in total. The molecule has 8 heteroatoms. The lowest BCUT2D eigenvalue weighted by molar-refractivity contribution is -0.133. The molecule has 2 saturated heterocycles. The van der Waals surface area contributed by atoms with Crippen molar-refractivity contribution < 1.29 is 17.6 Å². The van der Waals surface area contributed by atoms with Gasteiger partial charge in [-0.1, -0.05) is 42.5 Å². The summed E-state index contributed by atoms with van der Waals surface area (Å²) in [6, 6.07) is 16.0. The fourth-order valence-corrected chi connectivity index (χ4v) is 6.15. The summed E-state index contributed by atoms with van der Waals surface area (Å²) >= 11 is 0. The summed E-state index contributed by atoms with van der Waals surface area (Å²) in [7, 11) is -3.40. The Labute approximate surface area is 189 Å². The molecule has 1 amide bonds. The van der Waals surface area contributed by atoms with E-state index in [0.717, 1.165) is 36.9 Å². The van der Waals surface area contributed by atoms with Crippen LogP contribution in [0.2, 0.25) is 0 Å². The predicted octanol–water partition coefficient (Wildman–Crippen LogP) is 2.51. The fourth-order valence-electron chi connectivity index (χ4n) is 4.64. The molecule has 6 nitrogen and oxygen atoms in total. The number of hydrogen-bond donors (Lipinski definition) is 0. The van der Waals surface area contributed by atoms with Crippen molar-refractivity contribution in [2.45, 2.75) is 31.1 Å². The summed E-state index contributed by atoms with van der Waals surface area (Å²) < 4.78 is 40.5. The van der Waals surface area contributed by atoms with Gasteiger partial charge < -0.3 is 4.90 Å². The van der Waals surface area contributed by atoms with E-state index in [1.54, 1.807) is 17.0 Å². The van der Waals surface area contributed by atoms with Gasteiger partial charge in [0.1, 0.15) is 5.82 Å². The zero-order chi connectivity index (χ0) is 22.6. The lowest BCUT2D eigenvalue weighted by atomic mass is 10.0. The second-order valence-corrected chi connectivity index (χ2v) is 10.6. The first-order valence-electron chi connectivity index (χ1n) is 11.2. The lowest BCUT2D eigenvalue weighted by Gasteiger charge is -2.35. The largest absolute Gasteiger partial charge is 0.339 e. The molecule has 0 aromatic heterocycles. The fraction of sp³-hybridized carbons (Fsp3) is 0.458. The van der Waals surface area contributed by atoms with E-state index in [0.29, 0.717) is 32.7 Å². The molecule has 0 spiro atoms. The number of likely N-dealkylation sites (tertiary alicyclic amines) is 1. The van der Waals surface area contributed by atoms with Crippen LogP contribution in [-0.2, 0) is 27.0 Å². The zero-order valence-electron chi connectivity index (χ0n) is 18.2. The van der Waals surface area contributed by atoms with Gasteiger partial charge in [-0.05, 0) is 49.1 Å². The number of carbonyl (C=O) groups is 1. The number of carbonyl (C=O) groups excluding carboxylic acids is 1. The van der Waals surface area contributed by atoms with E-state index in [1.165, 1.54) is 10.4 Å². The van der Waals surface area contributed by atoms with E-state index in [4.69, 9.17) is 0 Å². The number of piperazine rings is 1. The first-order valence-corrected chi connectivity index (χ1v) is 12.8. The van der Waals surface area contributed by atoms with Gasteiger partial charge in [0.15, 0.2) is 0 Å². The van der Waals surface area contributed by atoms with Crippen LogP contribution >= 0.6 is 0 Å². The monoisotopic (exact) mass is 459 g/mol. The number of amides is 1. The summed E-state index contributed by atoms with van der Waals surface area (Å²) in [5.74, 6) is -0.211. The van der Waals surface area contributed by atoms with Crippen molar-refractivity contribution in [1.29, 1.82) is 0 Å². The van der Waals surface area contributed by atoms with Crippen LogP contribution in [0.25, 0.3) is 0 Å². The molecule has 0 saturated carbocycles. The smallest absolute Gasteiger partial charge is 0.236 e. The highest BCUT2D eigenvalue weighted by Gasteiger charge is 2.32. The Morgan fingerprint density at radius 2 is 1.66 bits per heavy atom. The highest BCUT2D eigenvalue weighted by atomic mass is 32.2. The number of benzene rings is 2. The number of sulfonamides is 1. The van der Waals surface area contributed by atoms with Gasteiger partial charge in [0.2, 0.25) is 15.9 Å². The average molecular weight is 460 g/mol. The SMILES string of the molecule is O=C(CN1CCCC1Cc1cccc(F)c1)N1CCN(S(=O)(=O)Cc2ccccc2)CC1. The van der Waals surface area contributed by atoms with Gasteiger partial charge >= 0.3 is 0 Å². The van der Waals surface area contributed by atoms with Crippen LogP contribution in [0, 0.1) is 5.82 Å². The first-order chi connectivity index (χ1) is 15.4. The second-order valence-electron chi connectivity index (χ2n) is 8.62. The molecule has 4 rings (SSSR count). The third-order valence-corrected chi connectivity index (χ3v) is 8.22. The summed E-state index contributed by atoms with van der Waals surface area (Å²) in [6.07, 6.45) is 2.75. The van der Waals surface area contributed by atoms with Crippen LogP contribution in [-0.4, -0.2) is 73.7 Å². The molecule has 2 heterocycles. The highest BCUT2D eigenvalue weighted by molar-refractivity contribution is 7.88. The van der Waals surface area contributed by atoms with Gasteiger partial charge in [0, 0.05) is 32.2 Å². The van der Waals surface area contributed by atoms with E-state index >= 15 is 0 Å². The van der Waals surface area contributed by atoms with Crippen LogP contribution in [0.4, 0.5) is 4.39 Å². The van der Waals surface area contributed by atoms with Crippen LogP contribution in [0.3, 0.4) is 0 Å². The molecule has 1 unspecified atom stereocenters. The topological polar surface area (TPSA) is 60.9 Å². The second kappa shape index (κ2) is 10.1. The molecule has 0 radical (unpaired) electrons. The first kappa shape index (κ1) is 22.9. The van der Waals surface area contributed by atoms with E-state index in [1.807, 2.05) is 36.4 Å². The molecule has 2 aromatic carbocycles. The summed E-state index contributed by atoms with van der Waals surface area (Å²) in [6.45, 7) is 2.67. The molecule has 32 heavy (non-hydrogen) atoms. The normalized spacial score (nSPS) is 20.5. The zero-order valence-corrected chi connectivity index (χ0v) is 19.0. The lowest BCUT2D eigenvalue weighted by Crippen LogP contribution is -2.53. The predicted molar refractivity (Wildman–Crippen MR) is 122 cm³/mol. The van der Waals surface area contributed by atoms with Crippen LogP contribution in [0.1, 0.15) is 24.0 Å². The summed E-state index contributed by atoms with van der Waals surface area (Å²) in [4.78, 5) is 16.9. The Morgan fingerprint density at radius 3 is 2.38 bits per heavy atom. The highest BCUT2D eigenvalue weighted by Crippen LogP contribution is 2.22. The number of halogens is 1. The van der Waals surface area contributed by atoms with Crippen molar-refractivity contribution in [3.8, 4) is 0 Å². The van der Waals surface area contributed by atoms with Gasteiger partial charge in [0.05, 0.1) is 12.3 Å². The summed E-state index contributed by atoms with van der Waals surface area (Å²) in [5, 5.41) is 0. The molecule has 2 aromatic rings. The van der Waals surface area contributed by atoms with E-state index in [-0.39, 0.29) is 23.5 Å². The van der Waals surface area contributed by atoms with Gasteiger partial charge in [-0.3, -0.25) is 9.69 Å². The molecular weight excluding hydrogens is 429 g/mol. The molecule has 0 bridgehead atoms. The van der Waals surface area contributed by atoms with E-state index in [9.17, 15) is 17.6 Å². The van der Waals surface area contributed by atoms with Crippen LogP contribution in [0.15, 0.2) is 54.6 Å².